The Hall–Kier alpha value is -1.82. The molecule has 0 bridgehead atoms. The van der Waals surface area contributed by atoms with Gasteiger partial charge in [-0.2, -0.15) is 0 Å². The minimum Gasteiger partial charge on any atom is -0.478 e. The summed E-state index contributed by atoms with van der Waals surface area (Å²) >= 11 is 0. The van der Waals surface area contributed by atoms with Crippen LogP contribution in [0.5, 0.6) is 0 Å². The Bertz CT molecular complexity index is 467. The second-order valence-corrected chi connectivity index (χ2v) is 4.68. The predicted octanol–water partition coefficient (Wildman–Crippen LogP) is 1.52. The van der Waals surface area contributed by atoms with Gasteiger partial charge >= 0.3 is 5.97 Å². The maximum absolute atomic E-state index is 11.8. The van der Waals surface area contributed by atoms with Gasteiger partial charge in [0.15, 0.2) is 5.76 Å². The van der Waals surface area contributed by atoms with Crippen molar-refractivity contribution in [3.8, 4) is 0 Å². The lowest BCUT2D eigenvalue weighted by atomic mass is 10.1. The van der Waals surface area contributed by atoms with Crippen molar-refractivity contribution in [2.75, 3.05) is 13.7 Å². The molecule has 19 heavy (non-hydrogen) atoms. The van der Waals surface area contributed by atoms with E-state index >= 15 is 0 Å². The van der Waals surface area contributed by atoms with Crippen LogP contribution in [0, 0.1) is 5.92 Å². The van der Waals surface area contributed by atoms with Crippen LogP contribution in [0.1, 0.15) is 40.2 Å². The summed E-state index contributed by atoms with van der Waals surface area (Å²) in [4.78, 5) is 22.5. The highest BCUT2D eigenvalue weighted by Gasteiger charge is 2.27. The fourth-order valence-electron chi connectivity index (χ4n) is 2.42. The largest absolute Gasteiger partial charge is 0.478 e. The molecule has 2 N–H and O–H groups in total. The molecule has 2 atom stereocenters. The molecule has 0 spiro atoms. The summed E-state index contributed by atoms with van der Waals surface area (Å²) in [5.41, 5.74) is -0.0271. The van der Waals surface area contributed by atoms with Crippen LogP contribution in [0.25, 0.3) is 0 Å². The van der Waals surface area contributed by atoms with Gasteiger partial charge < -0.3 is 19.6 Å². The third-order valence-corrected chi connectivity index (χ3v) is 3.49. The molecular weight excluding hydrogens is 250 g/mol. The van der Waals surface area contributed by atoms with E-state index in [2.05, 4.69) is 5.32 Å². The number of methoxy groups -OCH3 is 1. The molecule has 6 heteroatoms. The highest BCUT2D eigenvalue weighted by atomic mass is 16.5. The molecule has 1 aliphatic rings. The number of aromatic carboxylic acids is 1. The summed E-state index contributed by atoms with van der Waals surface area (Å²) in [7, 11) is 1.68. The van der Waals surface area contributed by atoms with E-state index in [0.717, 1.165) is 25.5 Å². The molecule has 1 fully saturated rings. The van der Waals surface area contributed by atoms with Crippen molar-refractivity contribution in [1.29, 1.82) is 0 Å². The first-order chi connectivity index (χ1) is 9.11. The molecule has 2 rings (SSSR count). The molecular formula is C13H17NO5. The lowest BCUT2D eigenvalue weighted by molar-refractivity contribution is 0.0676. The monoisotopic (exact) mass is 267 g/mol. The van der Waals surface area contributed by atoms with E-state index in [1.807, 2.05) is 0 Å². The summed E-state index contributed by atoms with van der Waals surface area (Å²) in [6, 6.07) is 1.22. The fraction of sp³-hybridized carbons (Fsp3) is 0.538. The van der Waals surface area contributed by atoms with Gasteiger partial charge in [-0.15, -0.1) is 0 Å². The first kappa shape index (κ1) is 13.6. The molecule has 1 aromatic heterocycles. The van der Waals surface area contributed by atoms with Crippen molar-refractivity contribution in [2.45, 2.75) is 25.4 Å². The highest BCUT2D eigenvalue weighted by Crippen LogP contribution is 2.27. The Balaban J connectivity index is 1.88. The smallest absolute Gasteiger partial charge is 0.338 e. The van der Waals surface area contributed by atoms with Gasteiger partial charge in [-0.3, -0.25) is 4.79 Å². The van der Waals surface area contributed by atoms with Crippen LogP contribution in [0.3, 0.4) is 0 Å². The SMILES string of the molecule is COC1CCCC1CNC(=O)c1cc(C(=O)O)co1. The van der Waals surface area contributed by atoms with E-state index in [0.29, 0.717) is 12.5 Å². The van der Waals surface area contributed by atoms with E-state index < -0.39 is 11.9 Å². The van der Waals surface area contributed by atoms with Crippen molar-refractivity contribution in [1.82, 2.24) is 5.32 Å². The molecule has 0 aliphatic heterocycles. The van der Waals surface area contributed by atoms with Gasteiger partial charge in [-0.1, -0.05) is 6.42 Å². The molecule has 6 nitrogen and oxygen atoms in total. The van der Waals surface area contributed by atoms with Gasteiger partial charge in [0, 0.05) is 25.6 Å². The third kappa shape index (κ3) is 3.14. The Kier molecular flexibility index (Phi) is 4.21. The number of hydrogen-bond acceptors (Lipinski definition) is 4. The van der Waals surface area contributed by atoms with Gasteiger partial charge in [0.05, 0.1) is 11.7 Å². The summed E-state index contributed by atoms with van der Waals surface area (Å²) < 4.78 is 10.3. The van der Waals surface area contributed by atoms with Crippen molar-refractivity contribution in [2.24, 2.45) is 5.92 Å². The third-order valence-electron chi connectivity index (χ3n) is 3.49. The number of carboxylic acids is 1. The molecule has 1 amide bonds. The minimum atomic E-state index is -1.11. The quantitative estimate of drug-likeness (QED) is 0.844. The summed E-state index contributed by atoms with van der Waals surface area (Å²) in [5.74, 6) is -1.18. The van der Waals surface area contributed by atoms with Gasteiger partial charge in [0.1, 0.15) is 6.26 Å². The molecule has 104 valence electrons. The molecule has 0 radical (unpaired) electrons. The minimum absolute atomic E-state index is 0.0179. The number of rotatable bonds is 5. The van der Waals surface area contributed by atoms with Gasteiger partial charge in [0.25, 0.3) is 5.91 Å². The maximum atomic E-state index is 11.8. The number of furan rings is 1. The zero-order valence-corrected chi connectivity index (χ0v) is 10.7. The number of hydrogen-bond donors (Lipinski definition) is 2. The fourth-order valence-corrected chi connectivity index (χ4v) is 2.42. The standard InChI is InChI=1S/C13H17NO5/c1-18-10-4-2-3-8(10)6-14-12(15)11-5-9(7-19-11)13(16)17/h5,7-8,10H,2-4,6H2,1H3,(H,14,15)(H,16,17). The summed E-state index contributed by atoms with van der Waals surface area (Å²) in [6.07, 6.45) is 4.39. The van der Waals surface area contributed by atoms with Crippen LogP contribution in [0.4, 0.5) is 0 Å². The van der Waals surface area contributed by atoms with Crippen LogP contribution in [-0.4, -0.2) is 36.7 Å². The maximum Gasteiger partial charge on any atom is 0.338 e. The molecule has 1 saturated carbocycles. The summed E-state index contributed by atoms with van der Waals surface area (Å²) in [5, 5.41) is 11.5. The zero-order valence-electron chi connectivity index (χ0n) is 10.7. The Labute approximate surface area is 110 Å². The molecule has 1 heterocycles. The highest BCUT2D eigenvalue weighted by molar-refractivity contribution is 5.95. The van der Waals surface area contributed by atoms with Crippen molar-refractivity contribution >= 4 is 11.9 Å². The average Bonchev–Trinajstić information content (AvgIpc) is 3.04. The van der Waals surface area contributed by atoms with Crippen LogP contribution < -0.4 is 5.32 Å². The zero-order chi connectivity index (χ0) is 13.8. The van der Waals surface area contributed by atoms with E-state index in [4.69, 9.17) is 14.3 Å². The van der Waals surface area contributed by atoms with Gasteiger partial charge in [0.2, 0.25) is 0 Å². The normalized spacial score (nSPS) is 22.4. The van der Waals surface area contributed by atoms with E-state index in [1.54, 1.807) is 7.11 Å². The number of amides is 1. The Morgan fingerprint density at radius 2 is 2.32 bits per heavy atom. The lowest BCUT2D eigenvalue weighted by Crippen LogP contribution is -2.32. The number of ether oxygens (including phenoxy) is 1. The van der Waals surface area contributed by atoms with Gasteiger partial charge in [-0.25, -0.2) is 4.79 Å². The molecule has 2 unspecified atom stereocenters. The average molecular weight is 267 g/mol. The first-order valence-corrected chi connectivity index (χ1v) is 6.24. The van der Waals surface area contributed by atoms with Gasteiger partial charge in [-0.05, 0) is 12.8 Å². The number of nitrogens with one attached hydrogen (secondary N) is 1. The molecule has 0 saturated heterocycles. The predicted molar refractivity (Wildman–Crippen MR) is 66.1 cm³/mol. The van der Waals surface area contributed by atoms with E-state index in [-0.39, 0.29) is 17.4 Å². The Morgan fingerprint density at radius 3 is 2.95 bits per heavy atom. The van der Waals surface area contributed by atoms with Crippen LogP contribution >= 0.6 is 0 Å². The first-order valence-electron chi connectivity index (χ1n) is 6.24. The van der Waals surface area contributed by atoms with Crippen molar-refractivity contribution in [3.63, 3.8) is 0 Å². The molecule has 1 aliphatic carbocycles. The van der Waals surface area contributed by atoms with E-state index in [9.17, 15) is 9.59 Å². The number of carboxylic acid groups (broad SMARTS) is 1. The topological polar surface area (TPSA) is 88.8 Å². The number of carbonyl (C=O) groups excluding carboxylic acids is 1. The van der Waals surface area contributed by atoms with Crippen LogP contribution in [-0.2, 0) is 4.74 Å². The summed E-state index contributed by atoms with van der Waals surface area (Å²) in [6.45, 7) is 0.514. The van der Waals surface area contributed by atoms with Crippen LogP contribution in [0.2, 0.25) is 0 Å². The number of carbonyl (C=O) groups is 2. The van der Waals surface area contributed by atoms with Crippen molar-refractivity contribution in [3.05, 3.63) is 23.7 Å². The molecule has 1 aromatic rings. The lowest BCUT2D eigenvalue weighted by Gasteiger charge is -2.18. The molecule has 0 aromatic carbocycles. The van der Waals surface area contributed by atoms with Crippen molar-refractivity contribution < 1.29 is 23.8 Å². The second-order valence-electron chi connectivity index (χ2n) is 4.68. The second kappa shape index (κ2) is 5.88. The van der Waals surface area contributed by atoms with Crippen LogP contribution in [0.15, 0.2) is 16.7 Å². The van der Waals surface area contributed by atoms with E-state index in [1.165, 1.54) is 6.07 Å². The Morgan fingerprint density at radius 1 is 1.53 bits per heavy atom.